The summed E-state index contributed by atoms with van der Waals surface area (Å²) in [6.45, 7) is 5.71. The Hall–Kier alpha value is -1.99. The van der Waals surface area contributed by atoms with Gasteiger partial charge in [-0.15, -0.1) is 10.2 Å². The third kappa shape index (κ3) is 3.59. The Balaban J connectivity index is 1.38. The first-order valence-electron chi connectivity index (χ1n) is 9.31. The Labute approximate surface area is 152 Å². The van der Waals surface area contributed by atoms with Gasteiger partial charge in [-0.25, -0.2) is 4.39 Å². The van der Waals surface area contributed by atoms with Gasteiger partial charge in [0.25, 0.3) is 0 Å². The van der Waals surface area contributed by atoms with Crippen molar-refractivity contribution in [3.05, 3.63) is 42.2 Å². The van der Waals surface area contributed by atoms with E-state index in [0.29, 0.717) is 17.6 Å². The zero-order valence-corrected chi connectivity index (χ0v) is 15.0. The third-order valence-corrected chi connectivity index (χ3v) is 5.66. The van der Waals surface area contributed by atoms with Gasteiger partial charge in [0.15, 0.2) is 0 Å². The van der Waals surface area contributed by atoms with Crippen LogP contribution in [0.4, 0.5) is 4.39 Å². The molecule has 1 aromatic carbocycles. The van der Waals surface area contributed by atoms with Crippen LogP contribution in [0, 0.1) is 17.7 Å². The molecule has 2 heterocycles. The van der Waals surface area contributed by atoms with Crippen molar-refractivity contribution in [2.45, 2.75) is 45.1 Å². The van der Waals surface area contributed by atoms with Gasteiger partial charge in [-0.3, -0.25) is 4.90 Å². The Morgan fingerprint density at radius 2 is 1.92 bits per heavy atom. The summed E-state index contributed by atoms with van der Waals surface area (Å²) >= 11 is 0. The topological polar surface area (TPSA) is 63.4 Å². The van der Waals surface area contributed by atoms with Crippen LogP contribution in [0.25, 0.3) is 0 Å². The van der Waals surface area contributed by atoms with Gasteiger partial charge in [-0.1, -0.05) is 0 Å². The van der Waals surface area contributed by atoms with Crippen LogP contribution < -0.4 is 4.74 Å². The zero-order chi connectivity index (χ0) is 18.1. The van der Waals surface area contributed by atoms with E-state index in [9.17, 15) is 9.50 Å². The number of fused-ring (bicyclic) bond motifs is 1. The Kier molecular flexibility index (Phi) is 4.91. The van der Waals surface area contributed by atoms with Gasteiger partial charge in [0.05, 0.1) is 12.6 Å². The molecule has 2 aromatic rings. The standard InChI is InChI=1S/C19H25FN4O2/c1-2-24-12-21-22-19(24)11-23-9-13-7-17(25)18(8-14(13)10-23)26-16-5-3-15(20)4-6-16/h3-6,12-14,17-18,25H,2,7-11H2,1H3/t13-,14+,17+,18+/m0/s1. The number of hydrogen-bond donors (Lipinski definition) is 1. The van der Waals surface area contributed by atoms with E-state index in [1.807, 2.05) is 0 Å². The highest BCUT2D eigenvalue weighted by molar-refractivity contribution is 5.22. The molecule has 2 fully saturated rings. The van der Waals surface area contributed by atoms with E-state index in [-0.39, 0.29) is 11.9 Å². The van der Waals surface area contributed by atoms with E-state index < -0.39 is 6.10 Å². The summed E-state index contributed by atoms with van der Waals surface area (Å²) in [6.07, 6.45) is 2.61. The average Bonchev–Trinajstić information content (AvgIpc) is 3.23. The summed E-state index contributed by atoms with van der Waals surface area (Å²) in [4.78, 5) is 2.40. The first-order chi connectivity index (χ1) is 12.6. The minimum atomic E-state index is -0.486. The fourth-order valence-corrected chi connectivity index (χ4v) is 4.30. The number of likely N-dealkylation sites (tertiary alicyclic amines) is 1. The van der Waals surface area contributed by atoms with Crippen LogP contribution in [0.3, 0.4) is 0 Å². The molecule has 4 rings (SSSR count). The highest BCUT2D eigenvalue weighted by Gasteiger charge is 2.42. The van der Waals surface area contributed by atoms with Crippen molar-refractivity contribution >= 4 is 0 Å². The minimum absolute atomic E-state index is 0.235. The molecular weight excluding hydrogens is 335 g/mol. The van der Waals surface area contributed by atoms with E-state index in [1.54, 1.807) is 18.5 Å². The van der Waals surface area contributed by atoms with Gasteiger partial charge in [0.1, 0.15) is 29.8 Å². The number of benzene rings is 1. The Morgan fingerprint density at radius 3 is 2.65 bits per heavy atom. The lowest BCUT2D eigenvalue weighted by Crippen LogP contribution is -2.42. The fourth-order valence-electron chi connectivity index (χ4n) is 4.30. The van der Waals surface area contributed by atoms with E-state index in [4.69, 9.17) is 4.74 Å². The number of rotatable bonds is 5. The molecule has 1 saturated carbocycles. The summed E-state index contributed by atoms with van der Waals surface area (Å²) in [6, 6.07) is 6.00. The largest absolute Gasteiger partial charge is 0.488 e. The molecule has 0 spiro atoms. The molecular formula is C19H25FN4O2. The second-order valence-electron chi connectivity index (χ2n) is 7.40. The number of aliphatic hydroxyl groups excluding tert-OH is 1. The normalized spacial score (nSPS) is 28.9. The molecule has 6 nitrogen and oxygen atoms in total. The Morgan fingerprint density at radius 1 is 1.19 bits per heavy atom. The maximum absolute atomic E-state index is 13.0. The van der Waals surface area contributed by atoms with Gasteiger partial charge in [0, 0.05) is 19.6 Å². The number of aryl methyl sites for hydroxylation is 1. The molecule has 1 saturated heterocycles. The summed E-state index contributed by atoms with van der Waals surface area (Å²) in [5.74, 6) is 2.30. The molecule has 1 aliphatic heterocycles. The van der Waals surface area contributed by atoms with Crippen LogP contribution in [-0.4, -0.2) is 50.1 Å². The fraction of sp³-hybridized carbons (Fsp3) is 0.579. The van der Waals surface area contributed by atoms with Gasteiger partial charge in [0.2, 0.25) is 0 Å². The van der Waals surface area contributed by atoms with Crippen LogP contribution in [-0.2, 0) is 13.1 Å². The molecule has 0 unspecified atom stereocenters. The number of hydrogen-bond acceptors (Lipinski definition) is 5. The first kappa shape index (κ1) is 17.4. The molecule has 1 N–H and O–H groups in total. The minimum Gasteiger partial charge on any atom is -0.488 e. The van der Waals surface area contributed by atoms with E-state index in [1.165, 1.54) is 12.1 Å². The molecule has 4 atom stereocenters. The predicted octanol–water partition coefficient (Wildman–Crippen LogP) is 2.09. The molecule has 140 valence electrons. The van der Waals surface area contributed by atoms with E-state index in [0.717, 1.165) is 44.8 Å². The van der Waals surface area contributed by atoms with Gasteiger partial charge in [-0.2, -0.15) is 0 Å². The molecule has 1 aromatic heterocycles. The second kappa shape index (κ2) is 7.32. The van der Waals surface area contributed by atoms with Crippen molar-refractivity contribution in [1.82, 2.24) is 19.7 Å². The molecule has 2 aliphatic rings. The number of halogens is 1. The average molecular weight is 360 g/mol. The summed E-state index contributed by atoms with van der Waals surface area (Å²) in [5.41, 5.74) is 0. The molecule has 7 heteroatoms. The van der Waals surface area contributed by atoms with Crippen molar-refractivity contribution in [3.63, 3.8) is 0 Å². The summed E-state index contributed by atoms with van der Waals surface area (Å²) in [7, 11) is 0. The van der Waals surface area contributed by atoms with E-state index >= 15 is 0 Å². The predicted molar refractivity (Wildman–Crippen MR) is 94.0 cm³/mol. The lowest BCUT2D eigenvalue weighted by atomic mass is 9.78. The van der Waals surface area contributed by atoms with Crippen molar-refractivity contribution in [2.75, 3.05) is 13.1 Å². The highest BCUT2D eigenvalue weighted by atomic mass is 19.1. The lowest BCUT2D eigenvalue weighted by Gasteiger charge is -2.35. The maximum Gasteiger partial charge on any atom is 0.146 e. The van der Waals surface area contributed by atoms with Crippen LogP contribution in [0.5, 0.6) is 5.75 Å². The third-order valence-electron chi connectivity index (χ3n) is 5.66. The van der Waals surface area contributed by atoms with Crippen LogP contribution in [0.1, 0.15) is 25.6 Å². The molecule has 26 heavy (non-hydrogen) atoms. The van der Waals surface area contributed by atoms with Gasteiger partial charge >= 0.3 is 0 Å². The summed E-state index contributed by atoms with van der Waals surface area (Å²) < 4.78 is 21.1. The van der Waals surface area contributed by atoms with Crippen molar-refractivity contribution in [2.24, 2.45) is 11.8 Å². The van der Waals surface area contributed by atoms with Crippen LogP contribution >= 0.6 is 0 Å². The quantitative estimate of drug-likeness (QED) is 0.885. The second-order valence-corrected chi connectivity index (χ2v) is 7.40. The molecule has 1 aliphatic carbocycles. The van der Waals surface area contributed by atoms with Crippen molar-refractivity contribution in [3.8, 4) is 5.75 Å². The zero-order valence-electron chi connectivity index (χ0n) is 15.0. The molecule has 0 bridgehead atoms. The monoisotopic (exact) mass is 360 g/mol. The van der Waals surface area contributed by atoms with Crippen LogP contribution in [0.2, 0.25) is 0 Å². The lowest BCUT2D eigenvalue weighted by molar-refractivity contribution is -0.0231. The number of ether oxygens (including phenoxy) is 1. The molecule has 0 amide bonds. The maximum atomic E-state index is 13.0. The SMILES string of the molecule is CCn1cnnc1CN1C[C@H]2C[C@@H](Oc3ccc(F)cc3)[C@H](O)C[C@H]2C1. The van der Waals surface area contributed by atoms with Gasteiger partial charge < -0.3 is 14.4 Å². The van der Waals surface area contributed by atoms with Gasteiger partial charge in [-0.05, 0) is 55.9 Å². The van der Waals surface area contributed by atoms with Crippen molar-refractivity contribution in [1.29, 1.82) is 0 Å². The highest BCUT2D eigenvalue weighted by Crippen LogP contribution is 2.38. The molecule has 0 radical (unpaired) electrons. The van der Waals surface area contributed by atoms with Crippen LogP contribution in [0.15, 0.2) is 30.6 Å². The Bertz CT molecular complexity index is 735. The van der Waals surface area contributed by atoms with E-state index in [2.05, 4.69) is 26.6 Å². The number of nitrogens with zero attached hydrogens (tertiary/aromatic N) is 4. The summed E-state index contributed by atoms with van der Waals surface area (Å²) in [5, 5.41) is 18.7. The first-order valence-corrected chi connectivity index (χ1v) is 9.31. The number of aliphatic hydroxyl groups is 1. The van der Waals surface area contributed by atoms with Crippen molar-refractivity contribution < 1.29 is 14.2 Å². The smallest absolute Gasteiger partial charge is 0.146 e. The number of aromatic nitrogens is 3.